The molecular weight excluding hydrogens is 464 g/mol. The van der Waals surface area contributed by atoms with Gasteiger partial charge in [-0.2, -0.15) is 0 Å². The van der Waals surface area contributed by atoms with Gasteiger partial charge in [-0.05, 0) is 46.3 Å². The molecule has 7 heteroatoms. The normalized spacial score (nSPS) is 10.4. The first kappa shape index (κ1) is 15.6. The molecule has 0 spiro atoms. The summed E-state index contributed by atoms with van der Waals surface area (Å²) in [4.78, 5) is 12.1. The van der Waals surface area contributed by atoms with Crippen molar-refractivity contribution in [3.63, 3.8) is 0 Å². The van der Waals surface area contributed by atoms with E-state index in [4.69, 9.17) is 0 Å². The highest BCUT2D eigenvalue weighted by Gasteiger charge is 2.16. The molecule has 0 radical (unpaired) electrons. The molecule has 20 heavy (non-hydrogen) atoms. The minimum absolute atomic E-state index is 0.258. The predicted octanol–water partition coefficient (Wildman–Crippen LogP) is 5.50. The molecule has 2 aromatic rings. The van der Waals surface area contributed by atoms with E-state index in [9.17, 15) is 13.6 Å². The number of amides is 1. The largest absolute Gasteiger partial charge is 0.317 e. The first-order chi connectivity index (χ1) is 9.38. The van der Waals surface area contributed by atoms with Crippen LogP contribution in [0.4, 0.5) is 14.5 Å². The lowest BCUT2D eigenvalue weighted by molar-refractivity contribution is 0.102. The molecule has 0 aliphatic carbocycles. The standard InChI is InChI=1S/C13H6Br3F2NO/c14-6-1-2-9(16)8(3-6)13(20)19-12-10(17)4-7(15)5-11(12)18/h1-5H,(H,19,20). The van der Waals surface area contributed by atoms with Crippen molar-refractivity contribution >= 4 is 59.4 Å². The molecule has 0 aliphatic rings. The second kappa shape index (κ2) is 6.32. The highest BCUT2D eigenvalue weighted by atomic mass is 79.9. The lowest BCUT2D eigenvalue weighted by atomic mass is 10.2. The minimum Gasteiger partial charge on any atom is -0.317 e. The number of anilines is 1. The van der Waals surface area contributed by atoms with Crippen LogP contribution in [0.25, 0.3) is 0 Å². The van der Waals surface area contributed by atoms with Crippen LogP contribution in [0.2, 0.25) is 0 Å². The van der Waals surface area contributed by atoms with Crippen LogP contribution in [0.1, 0.15) is 10.4 Å². The van der Waals surface area contributed by atoms with E-state index in [0.29, 0.717) is 8.95 Å². The van der Waals surface area contributed by atoms with E-state index in [1.54, 1.807) is 18.2 Å². The van der Waals surface area contributed by atoms with Crippen LogP contribution >= 0.6 is 47.8 Å². The van der Waals surface area contributed by atoms with Gasteiger partial charge >= 0.3 is 0 Å². The van der Waals surface area contributed by atoms with Gasteiger partial charge in [0.15, 0.2) is 11.6 Å². The number of carbonyl (C=O) groups is 1. The third kappa shape index (κ3) is 3.45. The van der Waals surface area contributed by atoms with E-state index in [1.165, 1.54) is 0 Å². The number of hydrogen-bond donors (Lipinski definition) is 1. The first-order valence-electron chi connectivity index (χ1n) is 5.29. The van der Waals surface area contributed by atoms with Gasteiger partial charge in [0, 0.05) is 13.4 Å². The number of hydrogen-bond acceptors (Lipinski definition) is 1. The van der Waals surface area contributed by atoms with E-state index in [1.807, 2.05) is 0 Å². The van der Waals surface area contributed by atoms with Gasteiger partial charge in [0.05, 0.1) is 5.56 Å². The Morgan fingerprint density at radius 3 is 2.15 bits per heavy atom. The Balaban J connectivity index is 2.35. The van der Waals surface area contributed by atoms with Crippen molar-refractivity contribution in [1.29, 1.82) is 0 Å². The average Bonchev–Trinajstić information content (AvgIpc) is 2.36. The zero-order valence-electron chi connectivity index (χ0n) is 9.68. The topological polar surface area (TPSA) is 29.1 Å². The van der Waals surface area contributed by atoms with Crippen LogP contribution in [0, 0.1) is 11.6 Å². The van der Waals surface area contributed by atoms with Crippen LogP contribution in [0.3, 0.4) is 0 Å². The number of nitrogens with one attached hydrogen (secondary N) is 1. The summed E-state index contributed by atoms with van der Waals surface area (Å²) >= 11 is 9.42. The molecule has 2 nitrogen and oxygen atoms in total. The van der Waals surface area contributed by atoms with Crippen molar-refractivity contribution in [3.05, 3.63) is 60.9 Å². The maximum Gasteiger partial charge on any atom is 0.257 e. The Labute approximate surface area is 138 Å². The fraction of sp³-hybridized carbons (Fsp3) is 0. The second-order valence-corrected chi connectivity index (χ2v) is 6.51. The van der Waals surface area contributed by atoms with Gasteiger partial charge < -0.3 is 5.32 Å². The molecule has 0 bridgehead atoms. The zero-order valence-corrected chi connectivity index (χ0v) is 14.4. The van der Waals surface area contributed by atoms with Crippen LogP contribution in [0.5, 0.6) is 0 Å². The Morgan fingerprint density at radius 2 is 1.55 bits per heavy atom. The quantitative estimate of drug-likeness (QED) is 0.618. The van der Waals surface area contributed by atoms with Gasteiger partial charge in [0.25, 0.3) is 5.91 Å². The molecule has 0 fully saturated rings. The summed E-state index contributed by atoms with van der Waals surface area (Å²) in [5, 5.41) is 2.23. The summed E-state index contributed by atoms with van der Waals surface area (Å²) in [6.07, 6.45) is 0. The van der Waals surface area contributed by atoms with Crippen molar-refractivity contribution in [2.75, 3.05) is 5.32 Å². The monoisotopic (exact) mass is 467 g/mol. The molecule has 1 amide bonds. The number of rotatable bonds is 2. The summed E-state index contributed by atoms with van der Waals surface area (Å²) in [6, 6.07) is 7.10. The molecule has 0 atom stereocenters. The molecule has 2 aromatic carbocycles. The molecule has 0 saturated heterocycles. The molecule has 0 heterocycles. The van der Waals surface area contributed by atoms with Crippen LogP contribution in [0.15, 0.2) is 43.7 Å². The summed E-state index contributed by atoms with van der Waals surface area (Å²) in [5.74, 6) is -2.31. The minimum atomic E-state index is -0.851. The summed E-state index contributed by atoms with van der Waals surface area (Å²) < 4.78 is 28.8. The van der Waals surface area contributed by atoms with Gasteiger partial charge in [0.2, 0.25) is 0 Å². The van der Waals surface area contributed by atoms with Gasteiger partial charge in [-0.25, -0.2) is 8.78 Å². The maximum absolute atomic E-state index is 13.7. The van der Waals surface area contributed by atoms with Crippen LogP contribution in [-0.4, -0.2) is 5.91 Å². The summed E-state index contributed by atoms with van der Waals surface area (Å²) in [6.45, 7) is 0. The maximum atomic E-state index is 13.7. The molecule has 0 unspecified atom stereocenters. The smallest absolute Gasteiger partial charge is 0.257 e. The number of benzene rings is 2. The highest BCUT2D eigenvalue weighted by Crippen LogP contribution is 2.26. The lowest BCUT2D eigenvalue weighted by Gasteiger charge is -2.09. The van der Waals surface area contributed by atoms with E-state index < -0.39 is 23.2 Å². The lowest BCUT2D eigenvalue weighted by Crippen LogP contribution is -2.15. The fourth-order valence-corrected chi connectivity index (χ4v) is 2.70. The molecule has 0 aliphatic heterocycles. The van der Waals surface area contributed by atoms with Crippen molar-refractivity contribution in [1.82, 2.24) is 0 Å². The average molecular weight is 470 g/mol. The zero-order chi connectivity index (χ0) is 14.9. The molecular formula is C13H6Br3F2NO. The van der Waals surface area contributed by atoms with Crippen molar-refractivity contribution in [3.8, 4) is 0 Å². The fourth-order valence-electron chi connectivity index (χ4n) is 1.51. The number of carbonyl (C=O) groups excluding carboxylic acids is 1. The number of halogens is 5. The second-order valence-electron chi connectivity index (χ2n) is 3.82. The summed E-state index contributed by atoms with van der Waals surface area (Å²) in [5.41, 5.74) is -0.217. The van der Waals surface area contributed by atoms with E-state index in [-0.39, 0.29) is 10.0 Å². The van der Waals surface area contributed by atoms with E-state index in [0.717, 1.165) is 12.1 Å². The van der Waals surface area contributed by atoms with Crippen molar-refractivity contribution in [2.24, 2.45) is 0 Å². The SMILES string of the molecule is O=C(Nc1c(F)cc(Br)cc1F)c1cc(Br)ccc1Br. The van der Waals surface area contributed by atoms with Crippen LogP contribution < -0.4 is 5.32 Å². The predicted molar refractivity (Wildman–Crippen MR) is 83.9 cm³/mol. The third-order valence-corrected chi connectivity index (χ3v) is 4.06. The van der Waals surface area contributed by atoms with Gasteiger partial charge in [-0.1, -0.05) is 31.9 Å². The molecule has 2 rings (SSSR count). The van der Waals surface area contributed by atoms with Crippen LogP contribution in [-0.2, 0) is 0 Å². The molecule has 104 valence electrons. The molecule has 0 aromatic heterocycles. The van der Waals surface area contributed by atoms with E-state index in [2.05, 4.69) is 53.1 Å². The van der Waals surface area contributed by atoms with Crippen molar-refractivity contribution < 1.29 is 13.6 Å². The first-order valence-corrected chi connectivity index (χ1v) is 7.67. The Bertz CT molecular complexity index is 668. The Morgan fingerprint density at radius 1 is 0.950 bits per heavy atom. The molecule has 0 saturated carbocycles. The van der Waals surface area contributed by atoms with Gasteiger partial charge in [-0.15, -0.1) is 0 Å². The van der Waals surface area contributed by atoms with Crippen molar-refractivity contribution in [2.45, 2.75) is 0 Å². The van der Waals surface area contributed by atoms with E-state index >= 15 is 0 Å². The third-order valence-electron chi connectivity index (χ3n) is 2.42. The Hall–Kier alpha value is -0.790. The summed E-state index contributed by atoms with van der Waals surface area (Å²) in [7, 11) is 0. The highest BCUT2D eigenvalue weighted by molar-refractivity contribution is 9.11. The Kier molecular flexibility index (Phi) is 4.93. The van der Waals surface area contributed by atoms with Gasteiger partial charge in [0.1, 0.15) is 5.69 Å². The molecule has 1 N–H and O–H groups in total. The van der Waals surface area contributed by atoms with Gasteiger partial charge in [-0.3, -0.25) is 4.79 Å².